The fourth-order valence-corrected chi connectivity index (χ4v) is 2.26. The molecule has 2 aliphatic heterocycles. The fraction of sp³-hybridized carbons (Fsp3) is 0.800. The number of aliphatic hydroxyl groups is 1. The summed E-state index contributed by atoms with van der Waals surface area (Å²) in [6, 6.07) is 0. The molecule has 0 spiro atoms. The zero-order valence-electron chi connectivity index (χ0n) is 10.2. The molecule has 2 rings (SSSR count). The van der Waals surface area contributed by atoms with Crippen LogP contribution in [0.25, 0.3) is 0 Å². The minimum atomic E-state index is -0.562. The van der Waals surface area contributed by atoms with Gasteiger partial charge < -0.3 is 10.0 Å². The van der Waals surface area contributed by atoms with Gasteiger partial charge >= 0.3 is 0 Å². The van der Waals surface area contributed by atoms with E-state index in [0.29, 0.717) is 13.1 Å². The Balaban J connectivity index is 1.70. The van der Waals surface area contributed by atoms with Gasteiger partial charge in [0.05, 0.1) is 12.6 Å². The lowest BCUT2D eigenvalue weighted by molar-refractivity contribution is -0.657. The molecule has 0 aromatic heterocycles. The van der Waals surface area contributed by atoms with Crippen LogP contribution in [-0.4, -0.2) is 57.4 Å². The quantitative estimate of drug-likeness (QED) is 0.509. The van der Waals surface area contributed by atoms with Crippen LogP contribution >= 0.6 is 0 Å². The van der Waals surface area contributed by atoms with Crippen LogP contribution in [0.5, 0.6) is 0 Å². The van der Waals surface area contributed by atoms with Crippen LogP contribution in [0, 0.1) is 10.1 Å². The number of likely N-dealkylation sites (tertiary alicyclic amines) is 1. The van der Waals surface area contributed by atoms with Crippen molar-refractivity contribution in [2.24, 2.45) is 0 Å². The largest absolute Gasteiger partial charge is 0.390 e. The predicted molar refractivity (Wildman–Crippen MR) is 64.1 cm³/mol. The van der Waals surface area contributed by atoms with Crippen molar-refractivity contribution in [1.29, 1.82) is 0 Å². The van der Waals surface area contributed by atoms with Crippen LogP contribution in [0.2, 0.25) is 0 Å². The maximum atomic E-state index is 10.5. The number of piperidine rings is 1. The lowest BCUT2D eigenvalue weighted by atomic mass is 10.1. The first-order chi connectivity index (χ1) is 8.65. The molecule has 0 aromatic carbocycles. The van der Waals surface area contributed by atoms with Crippen molar-refractivity contribution in [3.8, 4) is 0 Å². The average molecular weight is 257 g/mol. The van der Waals surface area contributed by atoms with Gasteiger partial charge in [0, 0.05) is 12.7 Å². The number of β-amino-alcohol motifs (C(OH)–C–C–N with tert-alkyl or cyclic N) is 1. The number of rotatable bonds is 5. The lowest BCUT2D eigenvalue weighted by Gasteiger charge is -2.29. The molecule has 0 saturated carbocycles. The Kier molecular flexibility index (Phi) is 4.34. The minimum Gasteiger partial charge on any atom is -0.390 e. The second-order valence-corrected chi connectivity index (χ2v) is 4.65. The normalized spacial score (nSPS) is 22.5. The average Bonchev–Trinajstić information content (AvgIpc) is 2.78. The Labute approximate surface area is 106 Å². The molecular weight excluding hydrogens is 238 g/mol. The summed E-state index contributed by atoms with van der Waals surface area (Å²) in [6.07, 6.45) is 5.97. The molecule has 102 valence electrons. The number of nitrogens with zero attached hydrogens (tertiary/aromatic N) is 4. The molecule has 1 fully saturated rings. The van der Waals surface area contributed by atoms with E-state index in [9.17, 15) is 15.2 Å². The highest BCUT2D eigenvalue weighted by Gasteiger charge is 2.22. The standard InChI is InChI=1S/C10H19N5O3/c16-10(8-12-4-2-1-3-5-12)9-13-6-7-14(11-13)15(17)18/h6-7,10-11,16H,1-5,8-9H2. The van der Waals surface area contributed by atoms with Crippen molar-refractivity contribution in [2.45, 2.75) is 25.4 Å². The van der Waals surface area contributed by atoms with Gasteiger partial charge in [-0.05, 0) is 31.0 Å². The monoisotopic (exact) mass is 257 g/mol. The second kappa shape index (κ2) is 5.98. The highest BCUT2D eigenvalue weighted by atomic mass is 16.7. The Morgan fingerprint density at radius 2 is 2.00 bits per heavy atom. The summed E-state index contributed by atoms with van der Waals surface area (Å²) < 4.78 is 0. The first kappa shape index (κ1) is 13.1. The van der Waals surface area contributed by atoms with E-state index in [4.69, 9.17) is 0 Å². The van der Waals surface area contributed by atoms with Crippen molar-refractivity contribution in [3.05, 3.63) is 22.5 Å². The Bertz CT molecular complexity index is 319. The molecule has 2 heterocycles. The molecule has 1 unspecified atom stereocenters. The second-order valence-electron chi connectivity index (χ2n) is 4.65. The molecule has 0 amide bonds. The molecule has 2 N–H and O–H groups in total. The zero-order chi connectivity index (χ0) is 13.0. The van der Waals surface area contributed by atoms with Crippen LogP contribution in [0.1, 0.15) is 19.3 Å². The van der Waals surface area contributed by atoms with Gasteiger partial charge in [0.1, 0.15) is 6.20 Å². The van der Waals surface area contributed by atoms with E-state index in [0.717, 1.165) is 18.2 Å². The Morgan fingerprint density at radius 3 is 2.61 bits per heavy atom. The number of nitro groups is 1. The van der Waals surface area contributed by atoms with Crippen LogP contribution in [-0.2, 0) is 0 Å². The van der Waals surface area contributed by atoms with Crippen molar-refractivity contribution < 1.29 is 10.1 Å². The topological polar surface area (TPSA) is 85.1 Å². The molecule has 0 aromatic rings. The summed E-state index contributed by atoms with van der Waals surface area (Å²) in [5, 5.41) is 22.1. The Hall–Kier alpha value is -1.38. The maximum absolute atomic E-state index is 10.5. The van der Waals surface area contributed by atoms with Crippen LogP contribution in [0.3, 0.4) is 0 Å². The third-order valence-electron chi connectivity index (χ3n) is 3.12. The smallest absolute Gasteiger partial charge is 0.182 e. The maximum Gasteiger partial charge on any atom is 0.182 e. The van der Waals surface area contributed by atoms with E-state index in [1.807, 2.05) is 0 Å². The molecule has 2 aliphatic rings. The first-order valence-corrected chi connectivity index (χ1v) is 6.20. The summed E-state index contributed by atoms with van der Waals surface area (Å²) >= 11 is 0. The molecule has 1 saturated heterocycles. The molecule has 0 bridgehead atoms. The summed E-state index contributed by atoms with van der Waals surface area (Å²) in [4.78, 5) is 12.7. The fourth-order valence-electron chi connectivity index (χ4n) is 2.26. The van der Waals surface area contributed by atoms with Gasteiger partial charge in [-0.15, -0.1) is 0 Å². The van der Waals surface area contributed by atoms with E-state index < -0.39 is 11.1 Å². The zero-order valence-corrected chi connectivity index (χ0v) is 10.2. The Morgan fingerprint density at radius 1 is 1.28 bits per heavy atom. The molecule has 1 atom stereocenters. The highest BCUT2D eigenvalue weighted by molar-refractivity contribution is 4.84. The van der Waals surface area contributed by atoms with Gasteiger partial charge in [-0.25, -0.2) is 10.1 Å². The summed E-state index contributed by atoms with van der Waals surface area (Å²) in [5.74, 6) is 0. The van der Waals surface area contributed by atoms with Gasteiger partial charge in [-0.2, -0.15) is 0 Å². The van der Waals surface area contributed by atoms with E-state index in [-0.39, 0.29) is 0 Å². The van der Waals surface area contributed by atoms with Crippen molar-refractivity contribution in [2.75, 3.05) is 26.2 Å². The van der Waals surface area contributed by atoms with Gasteiger partial charge in [0.15, 0.2) is 5.03 Å². The molecule has 8 heteroatoms. The van der Waals surface area contributed by atoms with Gasteiger partial charge in [0.2, 0.25) is 0 Å². The number of hydrogen-bond donors (Lipinski definition) is 2. The summed E-state index contributed by atoms with van der Waals surface area (Å²) in [5.41, 5.74) is 2.54. The molecule has 0 radical (unpaired) electrons. The van der Waals surface area contributed by atoms with Crippen molar-refractivity contribution in [3.63, 3.8) is 0 Å². The van der Waals surface area contributed by atoms with Crippen molar-refractivity contribution >= 4 is 0 Å². The van der Waals surface area contributed by atoms with Crippen LogP contribution in [0.4, 0.5) is 0 Å². The SMILES string of the molecule is O=[N+]([O-])N1C=CN(CC(O)CN2CCCCC2)N1. The van der Waals surface area contributed by atoms with Gasteiger partial charge in [0.25, 0.3) is 0 Å². The summed E-state index contributed by atoms with van der Waals surface area (Å²) in [6.45, 7) is 3.00. The highest BCUT2D eigenvalue weighted by Crippen LogP contribution is 2.09. The van der Waals surface area contributed by atoms with E-state index in [1.54, 1.807) is 6.20 Å². The molecule has 18 heavy (non-hydrogen) atoms. The van der Waals surface area contributed by atoms with Gasteiger partial charge in [-0.3, -0.25) is 5.01 Å². The predicted octanol–water partition coefficient (Wildman–Crippen LogP) is -0.467. The molecular formula is C10H19N5O3. The molecule has 8 nitrogen and oxygen atoms in total. The van der Waals surface area contributed by atoms with E-state index in [2.05, 4.69) is 10.4 Å². The molecule has 0 aliphatic carbocycles. The van der Waals surface area contributed by atoms with E-state index in [1.165, 1.54) is 30.5 Å². The number of aliphatic hydroxyl groups excluding tert-OH is 1. The van der Waals surface area contributed by atoms with E-state index >= 15 is 0 Å². The minimum absolute atomic E-state index is 0.331. The summed E-state index contributed by atoms with van der Waals surface area (Å²) in [7, 11) is 0. The van der Waals surface area contributed by atoms with Crippen molar-refractivity contribution in [1.82, 2.24) is 20.6 Å². The van der Waals surface area contributed by atoms with Crippen LogP contribution in [0.15, 0.2) is 12.4 Å². The van der Waals surface area contributed by atoms with Crippen LogP contribution < -0.4 is 5.53 Å². The third-order valence-corrected chi connectivity index (χ3v) is 3.12. The van der Waals surface area contributed by atoms with Gasteiger partial charge in [-0.1, -0.05) is 12.0 Å². The lowest BCUT2D eigenvalue weighted by Crippen LogP contribution is -2.47. The first-order valence-electron chi connectivity index (χ1n) is 6.20. The number of nitrogens with one attached hydrogen (secondary N) is 1. The number of hydrogen-bond acceptors (Lipinski definition) is 6. The third kappa shape index (κ3) is 3.56. The number of hydrazine groups is 3.